The molecule has 0 saturated heterocycles. The van der Waals surface area contributed by atoms with Gasteiger partial charge in [-0.25, -0.2) is 0 Å². The van der Waals surface area contributed by atoms with Crippen molar-refractivity contribution in [1.29, 1.82) is 0 Å². The quantitative estimate of drug-likeness (QED) is 0.686. The van der Waals surface area contributed by atoms with Crippen LogP contribution in [0.25, 0.3) is 0 Å². The Kier molecular flexibility index (Phi) is 6.01. The molecule has 21 heavy (non-hydrogen) atoms. The van der Waals surface area contributed by atoms with Crippen LogP contribution >= 0.6 is 11.3 Å². The molecule has 0 bridgehead atoms. The molecule has 0 spiro atoms. The van der Waals surface area contributed by atoms with E-state index in [0.717, 1.165) is 0 Å². The summed E-state index contributed by atoms with van der Waals surface area (Å²) in [4.78, 5) is 1.43. The molecule has 0 aliphatic rings. The summed E-state index contributed by atoms with van der Waals surface area (Å²) in [6.45, 7) is 9.06. The summed E-state index contributed by atoms with van der Waals surface area (Å²) in [5.41, 5.74) is 2.81. The van der Waals surface area contributed by atoms with Crippen molar-refractivity contribution in [2.75, 3.05) is 0 Å². The van der Waals surface area contributed by atoms with Gasteiger partial charge in [0.15, 0.2) is 0 Å². The van der Waals surface area contributed by atoms with Crippen molar-refractivity contribution in [3.63, 3.8) is 0 Å². The van der Waals surface area contributed by atoms with Gasteiger partial charge in [0, 0.05) is 17.0 Å². The first-order valence-corrected chi connectivity index (χ1v) is 8.88. The average molecular weight is 301 g/mol. The van der Waals surface area contributed by atoms with Crippen LogP contribution in [0.3, 0.4) is 0 Å². The van der Waals surface area contributed by atoms with E-state index in [1.165, 1.54) is 28.8 Å². The third kappa shape index (κ3) is 4.42. The van der Waals surface area contributed by atoms with E-state index in [1.54, 1.807) is 0 Å². The number of hydrogen-bond acceptors (Lipinski definition) is 2. The summed E-state index contributed by atoms with van der Waals surface area (Å²) in [6.07, 6.45) is 2.38. The smallest absolute Gasteiger partial charge is 0.0442 e. The predicted molar refractivity (Wildman–Crippen MR) is 93.9 cm³/mol. The number of rotatable bonds is 7. The van der Waals surface area contributed by atoms with Gasteiger partial charge < -0.3 is 5.32 Å². The lowest BCUT2D eigenvalue weighted by molar-refractivity contribution is 0.379. The summed E-state index contributed by atoms with van der Waals surface area (Å²) in [7, 11) is 0. The van der Waals surface area contributed by atoms with Crippen LogP contribution in [0, 0.1) is 5.92 Å². The molecule has 0 saturated carbocycles. The Labute approximate surface area is 133 Å². The second kappa shape index (κ2) is 7.77. The van der Waals surface area contributed by atoms with Crippen LogP contribution in [0.2, 0.25) is 0 Å². The lowest BCUT2D eigenvalue weighted by Crippen LogP contribution is -2.27. The van der Waals surface area contributed by atoms with Gasteiger partial charge in [-0.2, -0.15) is 0 Å². The van der Waals surface area contributed by atoms with E-state index >= 15 is 0 Å². The molecule has 2 aromatic rings. The van der Waals surface area contributed by atoms with Crippen LogP contribution in [0.4, 0.5) is 0 Å². The van der Waals surface area contributed by atoms with Crippen molar-refractivity contribution < 1.29 is 0 Å². The molecule has 2 heteroatoms. The number of benzene rings is 1. The second-order valence-corrected chi connectivity index (χ2v) is 7.10. The highest BCUT2D eigenvalue weighted by Crippen LogP contribution is 2.29. The Morgan fingerprint density at radius 3 is 2.29 bits per heavy atom. The van der Waals surface area contributed by atoms with Crippen molar-refractivity contribution in [1.82, 2.24) is 5.32 Å². The Morgan fingerprint density at radius 2 is 1.76 bits per heavy atom. The molecule has 2 atom stereocenters. The van der Waals surface area contributed by atoms with Crippen LogP contribution in [0.15, 0.2) is 41.8 Å². The van der Waals surface area contributed by atoms with Gasteiger partial charge in [-0.05, 0) is 41.8 Å². The van der Waals surface area contributed by atoms with Crippen LogP contribution in [-0.2, 0) is 6.42 Å². The molecule has 2 unspecified atom stereocenters. The van der Waals surface area contributed by atoms with Gasteiger partial charge in [-0.15, -0.1) is 11.3 Å². The highest BCUT2D eigenvalue weighted by atomic mass is 32.1. The zero-order valence-electron chi connectivity index (χ0n) is 13.6. The highest BCUT2D eigenvalue weighted by molar-refractivity contribution is 7.10. The molecule has 0 aliphatic heterocycles. The van der Waals surface area contributed by atoms with E-state index in [9.17, 15) is 0 Å². The zero-order valence-corrected chi connectivity index (χ0v) is 14.4. The molecular weight excluding hydrogens is 274 g/mol. The molecule has 0 amide bonds. The SMILES string of the molecule is CCCc1ccc(C(C)NC(c2cccs2)C(C)C)cc1. The summed E-state index contributed by atoms with van der Waals surface area (Å²) >= 11 is 1.84. The minimum absolute atomic E-state index is 0.371. The largest absolute Gasteiger partial charge is 0.302 e. The molecule has 1 aromatic heterocycles. The van der Waals surface area contributed by atoms with E-state index in [-0.39, 0.29) is 0 Å². The van der Waals surface area contributed by atoms with E-state index < -0.39 is 0 Å². The molecule has 0 radical (unpaired) electrons. The minimum atomic E-state index is 0.371. The summed E-state index contributed by atoms with van der Waals surface area (Å²) in [5, 5.41) is 5.96. The number of thiophene rings is 1. The first-order valence-electron chi connectivity index (χ1n) is 8.00. The molecule has 114 valence electrons. The van der Waals surface area contributed by atoms with Gasteiger partial charge >= 0.3 is 0 Å². The van der Waals surface area contributed by atoms with Crippen LogP contribution in [0.5, 0.6) is 0 Å². The second-order valence-electron chi connectivity index (χ2n) is 6.12. The third-order valence-corrected chi connectivity index (χ3v) is 4.92. The lowest BCUT2D eigenvalue weighted by atomic mass is 9.99. The third-order valence-electron chi connectivity index (χ3n) is 3.96. The Balaban J connectivity index is 2.06. The minimum Gasteiger partial charge on any atom is -0.302 e. The van der Waals surface area contributed by atoms with Crippen molar-refractivity contribution in [2.24, 2.45) is 5.92 Å². The van der Waals surface area contributed by atoms with Crippen molar-refractivity contribution in [2.45, 2.75) is 52.6 Å². The van der Waals surface area contributed by atoms with Gasteiger partial charge in [-0.1, -0.05) is 57.5 Å². The molecule has 0 fully saturated rings. The Hall–Kier alpha value is -1.12. The van der Waals surface area contributed by atoms with Gasteiger partial charge in [0.25, 0.3) is 0 Å². The van der Waals surface area contributed by atoms with E-state index in [2.05, 4.69) is 74.8 Å². The Morgan fingerprint density at radius 1 is 1.05 bits per heavy atom. The van der Waals surface area contributed by atoms with Gasteiger partial charge in [0.1, 0.15) is 0 Å². The topological polar surface area (TPSA) is 12.0 Å². The molecule has 2 rings (SSSR count). The molecule has 1 N–H and O–H groups in total. The van der Waals surface area contributed by atoms with E-state index in [4.69, 9.17) is 0 Å². The Bertz CT molecular complexity index is 513. The van der Waals surface area contributed by atoms with Crippen LogP contribution in [0.1, 0.15) is 62.2 Å². The fraction of sp³-hybridized carbons (Fsp3) is 0.474. The maximum Gasteiger partial charge on any atom is 0.0442 e. The summed E-state index contributed by atoms with van der Waals surface area (Å²) in [6, 6.07) is 14.3. The highest BCUT2D eigenvalue weighted by Gasteiger charge is 2.19. The van der Waals surface area contributed by atoms with Crippen molar-refractivity contribution >= 4 is 11.3 Å². The number of nitrogens with one attached hydrogen (secondary N) is 1. The van der Waals surface area contributed by atoms with Crippen LogP contribution in [-0.4, -0.2) is 0 Å². The van der Waals surface area contributed by atoms with E-state index in [0.29, 0.717) is 18.0 Å². The lowest BCUT2D eigenvalue weighted by Gasteiger charge is -2.26. The van der Waals surface area contributed by atoms with Gasteiger partial charge in [0.2, 0.25) is 0 Å². The first-order chi connectivity index (χ1) is 10.1. The maximum atomic E-state index is 3.80. The molecule has 1 aromatic carbocycles. The predicted octanol–water partition coefficient (Wildman–Crippen LogP) is 5.75. The normalized spacial score (nSPS) is 14.3. The first kappa shape index (κ1) is 16.3. The fourth-order valence-corrected chi connectivity index (χ4v) is 3.66. The fourth-order valence-electron chi connectivity index (χ4n) is 2.70. The summed E-state index contributed by atoms with van der Waals surface area (Å²) in [5.74, 6) is 0.588. The van der Waals surface area contributed by atoms with Crippen molar-refractivity contribution in [3.8, 4) is 0 Å². The summed E-state index contributed by atoms with van der Waals surface area (Å²) < 4.78 is 0. The maximum absolute atomic E-state index is 3.80. The zero-order chi connectivity index (χ0) is 15.2. The number of aryl methyl sites for hydroxylation is 1. The van der Waals surface area contributed by atoms with Crippen molar-refractivity contribution in [3.05, 3.63) is 57.8 Å². The molecule has 1 nitrogen and oxygen atoms in total. The van der Waals surface area contributed by atoms with Crippen LogP contribution < -0.4 is 5.32 Å². The van der Waals surface area contributed by atoms with Gasteiger partial charge in [-0.3, -0.25) is 0 Å². The molecule has 0 aliphatic carbocycles. The number of hydrogen-bond donors (Lipinski definition) is 1. The average Bonchev–Trinajstić information content (AvgIpc) is 2.99. The monoisotopic (exact) mass is 301 g/mol. The standard InChI is InChI=1S/C19H27NS/c1-5-7-16-9-11-17(12-10-16)15(4)20-19(14(2)3)18-8-6-13-21-18/h6,8-15,19-20H,5,7H2,1-4H3. The van der Waals surface area contributed by atoms with Gasteiger partial charge in [0.05, 0.1) is 0 Å². The molecular formula is C19H27NS. The molecule has 1 heterocycles. The van der Waals surface area contributed by atoms with E-state index in [1.807, 2.05) is 11.3 Å².